The number of nitrogens with zero attached hydrogens (tertiary/aromatic N) is 4. The molecule has 1 aliphatic rings. The van der Waals surface area contributed by atoms with E-state index >= 15 is 0 Å². The van der Waals surface area contributed by atoms with Gasteiger partial charge in [-0.05, 0) is 30.4 Å². The molecular weight excluding hydrogens is 316 g/mol. The number of nitro benzene ring substituents is 1. The molecule has 0 radical (unpaired) electrons. The summed E-state index contributed by atoms with van der Waals surface area (Å²) in [6.07, 6.45) is 5.14. The fraction of sp³-hybridized carbons (Fsp3) is 0.211. The van der Waals surface area contributed by atoms with Crippen LogP contribution in [-0.2, 0) is 0 Å². The topological polar surface area (TPSA) is 62.0 Å². The van der Waals surface area contributed by atoms with Crippen molar-refractivity contribution in [1.82, 2.24) is 5.01 Å². The zero-order valence-corrected chi connectivity index (χ0v) is 13.9. The lowest BCUT2D eigenvalue weighted by Crippen LogP contribution is -2.44. The molecule has 1 aliphatic heterocycles. The molecule has 3 rings (SSSR count). The van der Waals surface area contributed by atoms with E-state index < -0.39 is 0 Å². The molecule has 0 aliphatic carbocycles. The standard InChI is InChI=1S/C19H20N4O2/c24-23(25)19-11-5-4-7-17(19)8-6-12-20-22-15-13-21(14-16-22)18-9-2-1-3-10-18/h1-12H,13-16H2/b8-6-,20-12?. The summed E-state index contributed by atoms with van der Waals surface area (Å²) < 4.78 is 0. The van der Waals surface area contributed by atoms with Gasteiger partial charge in [0.1, 0.15) is 0 Å². The van der Waals surface area contributed by atoms with E-state index in [1.165, 1.54) is 11.8 Å². The summed E-state index contributed by atoms with van der Waals surface area (Å²) in [6.45, 7) is 3.56. The Kier molecular flexibility index (Phi) is 5.41. The molecule has 2 aromatic carbocycles. The largest absolute Gasteiger partial charge is 0.368 e. The average Bonchev–Trinajstić information content (AvgIpc) is 2.66. The molecular formula is C19H20N4O2. The lowest BCUT2D eigenvalue weighted by atomic mass is 10.1. The molecule has 0 bridgehead atoms. The van der Waals surface area contributed by atoms with Crippen molar-refractivity contribution in [2.75, 3.05) is 31.1 Å². The highest BCUT2D eigenvalue weighted by Crippen LogP contribution is 2.19. The first-order valence-corrected chi connectivity index (χ1v) is 8.23. The highest BCUT2D eigenvalue weighted by Gasteiger charge is 2.15. The normalized spacial score (nSPS) is 15.2. The predicted molar refractivity (Wildman–Crippen MR) is 101 cm³/mol. The molecule has 1 fully saturated rings. The van der Waals surface area contributed by atoms with Gasteiger partial charge in [0.05, 0.1) is 23.6 Å². The van der Waals surface area contributed by atoms with Crippen LogP contribution >= 0.6 is 0 Å². The van der Waals surface area contributed by atoms with Crippen molar-refractivity contribution >= 4 is 23.7 Å². The minimum absolute atomic E-state index is 0.101. The molecule has 128 valence electrons. The third kappa shape index (κ3) is 4.44. The summed E-state index contributed by atoms with van der Waals surface area (Å²) in [5.41, 5.74) is 1.92. The second-order valence-electron chi connectivity index (χ2n) is 5.72. The smallest absolute Gasteiger partial charge is 0.276 e. The molecule has 0 spiro atoms. The average molecular weight is 336 g/mol. The van der Waals surface area contributed by atoms with E-state index in [1.54, 1.807) is 36.6 Å². The minimum atomic E-state index is -0.375. The second kappa shape index (κ2) is 8.10. The molecule has 0 N–H and O–H groups in total. The quantitative estimate of drug-likeness (QED) is 0.477. The fourth-order valence-electron chi connectivity index (χ4n) is 2.78. The van der Waals surface area contributed by atoms with Gasteiger partial charge in [0.2, 0.25) is 0 Å². The van der Waals surface area contributed by atoms with Gasteiger partial charge in [-0.2, -0.15) is 5.10 Å². The zero-order chi connectivity index (χ0) is 17.5. The van der Waals surface area contributed by atoms with Gasteiger partial charge < -0.3 is 4.90 Å². The number of hydrogen-bond acceptors (Lipinski definition) is 5. The molecule has 0 amide bonds. The summed E-state index contributed by atoms with van der Waals surface area (Å²) in [5, 5.41) is 17.4. The molecule has 6 heteroatoms. The molecule has 0 aromatic heterocycles. The number of benzene rings is 2. The Morgan fingerprint density at radius 1 is 0.960 bits per heavy atom. The Bertz CT molecular complexity index is 766. The van der Waals surface area contributed by atoms with Crippen LogP contribution in [0.5, 0.6) is 0 Å². The number of rotatable bonds is 5. The van der Waals surface area contributed by atoms with Gasteiger partial charge >= 0.3 is 0 Å². The molecule has 0 atom stereocenters. The predicted octanol–water partition coefficient (Wildman–Crippen LogP) is 3.42. The van der Waals surface area contributed by atoms with Crippen LogP contribution in [0.25, 0.3) is 6.08 Å². The molecule has 0 unspecified atom stereocenters. The van der Waals surface area contributed by atoms with Crippen molar-refractivity contribution in [3.05, 3.63) is 76.4 Å². The third-order valence-corrected chi connectivity index (χ3v) is 4.10. The van der Waals surface area contributed by atoms with Crippen LogP contribution < -0.4 is 4.90 Å². The Balaban J connectivity index is 1.53. The van der Waals surface area contributed by atoms with Crippen molar-refractivity contribution in [2.45, 2.75) is 0 Å². The number of nitro groups is 1. The highest BCUT2D eigenvalue weighted by atomic mass is 16.6. The zero-order valence-electron chi connectivity index (χ0n) is 13.9. The molecule has 25 heavy (non-hydrogen) atoms. The van der Waals surface area contributed by atoms with Gasteiger partial charge in [0.15, 0.2) is 0 Å². The van der Waals surface area contributed by atoms with Crippen LogP contribution in [-0.4, -0.2) is 42.3 Å². The van der Waals surface area contributed by atoms with Gasteiger partial charge in [-0.15, -0.1) is 0 Å². The van der Waals surface area contributed by atoms with Crippen LogP contribution in [0.3, 0.4) is 0 Å². The monoisotopic (exact) mass is 336 g/mol. The maximum atomic E-state index is 11.0. The number of allylic oxidation sites excluding steroid dienone is 1. The van der Waals surface area contributed by atoms with Crippen molar-refractivity contribution in [2.24, 2.45) is 5.10 Å². The van der Waals surface area contributed by atoms with E-state index in [9.17, 15) is 10.1 Å². The summed E-state index contributed by atoms with van der Waals surface area (Å²) in [7, 11) is 0. The van der Waals surface area contributed by atoms with E-state index in [1.807, 2.05) is 23.2 Å². The maximum Gasteiger partial charge on any atom is 0.276 e. The summed E-state index contributed by atoms with van der Waals surface area (Å²) >= 11 is 0. The first-order chi connectivity index (χ1) is 12.2. The van der Waals surface area contributed by atoms with Crippen LogP contribution in [0, 0.1) is 10.1 Å². The SMILES string of the molecule is O=[N+]([O-])c1ccccc1/C=C\C=NN1CCN(c2ccccc2)CC1. The van der Waals surface area contributed by atoms with E-state index in [2.05, 4.69) is 22.1 Å². The van der Waals surface area contributed by atoms with E-state index in [-0.39, 0.29) is 10.6 Å². The third-order valence-electron chi connectivity index (χ3n) is 4.10. The molecule has 0 saturated carbocycles. The van der Waals surface area contributed by atoms with Gasteiger partial charge in [-0.1, -0.05) is 30.3 Å². The first-order valence-electron chi connectivity index (χ1n) is 8.23. The number of hydrazone groups is 1. The van der Waals surface area contributed by atoms with Crippen LogP contribution in [0.4, 0.5) is 11.4 Å². The molecule has 1 heterocycles. The van der Waals surface area contributed by atoms with Crippen LogP contribution in [0.2, 0.25) is 0 Å². The minimum Gasteiger partial charge on any atom is -0.368 e. The van der Waals surface area contributed by atoms with E-state index in [0.717, 1.165) is 26.2 Å². The number of para-hydroxylation sites is 2. The first kappa shape index (κ1) is 16.7. The summed E-state index contributed by atoms with van der Waals surface area (Å²) in [6, 6.07) is 17.0. The van der Waals surface area contributed by atoms with Gasteiger partial charge in [0.25, 0.3) is 5.69 Å². The molecule has 6 nitrogen and oxygen atoms in total. The Hall–Kier alpha value is -3.15. The summed E-state index contributed by atoms with van der Waals surface area (Å²) in [5.74, 6) is 0. The van der Waals surface area contributed by atoms with Crippen LogP contribution in [0.15, 0.2) is 65.8 Å². The number of piperazine rings is 1. The van der Waals surface area contributed by atoms with Crippen molar-refractivity contribution in [3.8, 4) is 0 Å². The molecule has 1 saturated heterocycles. The Morgan fingerprint density at radius 2 is 1.64 bits per heavy atom. The van der Waals surface area contributed by atoms with Gasteiger partial charge in [0, 0.05) is 31.1 Å². The lowest BCUT2D eigenvalue weighted by Gasteiger charge is -2.34. The lowest BCUT2D eigenvalue weighted by molar-refractivity contribution is -0.385. The van der Waals surface area contributed by atoms with Gasteiger partial charge in [-0.3, -0.25) is 15.1 Å². The van der Waals surface area contributed by atoms with Crippen molar-refractivity contribution in [1.29, 1.82) is 0 Å². The van der Waals surface area contributed by atoms with Gasteiger partial charge in [-0.25, -0.2) is 0 Å². The van der Waals surface area contributed by atoms with Crippen molar-refractivity contribution in [3.63, 3.8) is 0 Å². The van der Waals surface area contributed by atoms with E-state index in [0.29, 0.717) is 5.56 Å². The van der Waals surface area contributed by atoms with Crippen molar-refractivity contribution < 1.29 is 4.92 Å². The maximum absolute atomic E-state index is 11.0. The van der Waals surface area contributed by atoms with Crippen LogP contribution in [0.1, 0.15) is 5.56 Å². The fourth-order valence-corrected chi connectivity index (χ4v) is 2.78. The second-order valence-corrected chi connectivity index (χ2v) is 5.72. The molecule has 2 aromatic rings. The van der Waals surface area contributed by atoms with E-state index in [4.69, 9.17) is 0 Å². The highest BCUT2D eigenvalue weighted by molar-refractivity contribution is 5.79. The Labute approximate surface area is 146 Å². The summed E-state index contributed by atoms with van der Waals surface area (Å²) in [4.78, 5) is 12.9. The Morgan fingerprint density at radius 3 is 2.36 bits per heavy atom. The number of hydrogen-bond donors (Lipinski definition) is 0. The number of anilines is 1.